The smallest absolute Gasteiger partial charge is 0.260 e. The number of ether oxygens (including phenoxy) is 1. The molecule has 2 saturated carbocycles. The Morgan fingerprint density at radius 2 is 2.21 bits per heavy atom. The largest absolute Gasteiger partial charge is 0.471 e. The van der Waals surface area contributed by atoms with Gasteiger partial charge in [0.2, 0.25) is 0 Å². The zero-order chi connectivity index (χ0) is 16.4. The summed E-state index contributed by atoms with van der Waals surface area (Å²) in [4.78, 5) is 4.51. The molecule has 2 aromatic heterocycles. The molecule has 2 aromatic rings. The van der Waals surface area contributed by atoms with Crippen LogP contribution >= 0.6 is 23.5 Å². The van der Waals surface area contributed by atoms with Crippen molar-refractivity contribution in [2.45, 2.75) is 50.2 Å². The second kappa shape index (κ2) is 7.40. The molecule has 24 heavy (non-hydrogen) atoms. The molecule has 2 fully saturated rings. The van der Waals surface area contributed by atoms with Gasteiger partial charge in [-0.15, -0.1) is 4.37 Å². The minimum atomic E-state index is 0.308. The molecule has 0 amide bonds. The van der Waals surface area contributed by atoms with Crippen LogP contribution in [0.3, 0.4) is 0 Å². The van der Waals surface area contributed by atoms with Crippen LogP contribution in [0.1, 0.15) is 38.3 Å². The van der Waals surface area contributed by atoms with Crippen molar-refractivity contribution in [3.8, 4) is 5.88 Å². The number of aromatic nitrogens is 3. The fraction of sp³-hybridized carbons (Fsp3) is 0.611. The summed E-state index contributed by atoms with van der Waals surface area (Å²) < 4.78 is 15.1. The quantitative estimate of drug-likeness (QED) is 0.681. The zero-order valence-corrected chi connectivity index (χ0v) is 15.6. The molecule has 2 bridgehead atoms. The minimum Gasteiger partial charge on any atom is -0.471 e. The standard InChI is InChI=1S/C18H23N3OS2/c1-2-7-23-18-17(20-24-21-18)22-16-10-12-8-13(15(16)9-12)11-14-5-3-4-6-19-14/h3-6,12-13,15-16H,2,7-11H2,1H3. The molecule has 0 N–H and O–H groups in total. The van der Waals surface area contributed by atoms with Crippen molar-refractivity contribution >= 4 is 23.5 Å². The van der Waals surface area contributed by atoms with Crippen LogP contribution < -0.4 is 4.74 Å². The van der Waals surface area contributed by atoms with Crippen molar-refractivity contribution in [1.82, 2.24) is 13.7 Å². The van der Waals surface area contributed by atoms with Crippen molar-refractivity contribution in [3.05, 3.63) is 30.1 Å². The maximum absolute atomic E-state index is 6.34. The van der Waals surface area contributed by atoms with Crippen LogP contribution in [0, 0.1) is 17.8 Å². The van der Waals surface area contributed by atoms with Crippen molar-refractivity contribution < 1.29 is 4.74 Å². The second-order valence-electron chi connectivity index (χ2n) is 6.90. The van der Waals surface area contributed by atoms with Crippen LogP contribution in [0.5, 0.6) is 5.88 Å². The van der Waals surface area contributed by atoms with Gasteiger partial charge in [-0.05, 0) is 67.7 Å². The first kappa shape index (κ1) is 16.3. The summed E-state index contributed by atoms with van der Waals surface area (Å²) in [6.07, 6.45) is 8.23. The number of fused-ring (bicyclic) bond motifs is 2. The summed E-state index contributed by atoms with van der Waals surface area (Å²) in [5.41, 5.74) is 1.21. The maximum Gasteiger partial charge on any atom is 0.260 e. The maximum atomic E-state index is 6.34. The highest BCUT2D eigenvalue weighted by molar-refractivity contribution is 7.99. The third-order valence-electron chi connectivity index (χ3n) is 5.22. The van der Waals surface area contributed by atoms with Crippen LogP contribution in [0.4, 0.5) is 0 Å². The van der Waals surface area contributed by atoms with E-state index < -0.39 is 0 Å². The first-order valence-corrected chi connectivity index (χ1v) is 10.6. The van der Waals surface area contributed by atoms with E-state index in [4.69, 9.17) is 4.74 Å². The van der Waals surface area contributed by atoms with Gasteiger partial charge in [-0.25, -0.2) is 0 Å². The first-order valence-electron chi connectivity index (χ1n) is 8.85. The van der Waals surface area contributed by atoms with Gasteiger partial charge in [0.25, 0.3) is 5.88 Å². The Labute approximate surface area is 151 Å². The van der Waals surface area contributed by atoms with Gasteiger partial charge in [0.1, 0.15) is 6.10 Å². The SMILES string of the molecule is CCCSc1nsnc1OC1CC2CC(Cc3ccccn3)C1C2. The van der Waals surface area contributed by atoms with Gasteiger partial charge < -0.3 is 4.74 Å². The van der Waals surface area contributed by atoms with Crippen LogP contribution in [-0.4, -0.2) is 25.6 Å². The van der Waals surface area contributed by atoms with Crippen LogP contribution in [0.15, 0.2) is 29.4 Å². The summed E-state index contributed by atoms with van der Waals surface area (Å²) in [5.74, 6) is 3.99. The lowest BCUT2D eigenvalue weighted by atomic mass is 9.83. The predicted octanol–water partition coefficient (Wildman–Crippen LogP) is 4.47. The van der Waals surface area contributed by atoms with E-state index in [1.165, 1.54) is 36.7 Å². The van der Waals surface area contributed by atoms with Gasteiger partial charge in [-0.1, -0.05) is 24.8 Å². The highest BCUT2D eigenvalue weighted by atomic mass is 32.2. The predicted molar refractivity (Wildman–Crippen MR) is 97.6 cm³/mol. The van der Waals surface area contributed by atoms with E-state index in [-0.39, 0.29) is 0 Å². The second-order valence-corrected chi connectivity index (χ2v) is 8.51. The van der Waals surface area contributed by atoms with Gasteiger partial charge in [-0.3, -0.25) is 4.98 Å². The Bertz CT molecular complexity index is 663. The molecule has 0 aliphatic heterocycles. The highest BCUT2D eigenvalue weighted by Gasteiger charge is 2.47. The Morgan fingerprint density at radius 3 is 3.00 bits per heavy atom. The zero-order valence-electron chi connectivity index (χ0n) is 13.9. The molecule has 4 nitrogen and oxygen atoms in total. The van der Waals surface area contributed by atoms with Gasteiger partial charge in [-0.2, -0.15) is 4.37 Å². The van der Waals surface area contributed by atoms with Crippen LogP contribution in [0.2, 0.25) is 0 Å². The molecule has 0 radical (unpaired) electrons. The van der Waals surface area contributed by atoms with Crippen molar-refractivity contribution in [1.29, 1.82) is 0 Å². The number of hydrogen-bond donors (Lipinski definition) is 0. The Hall–Kier alpha value is -1.14. The molecule has 4 rings (SSSR count). The van der Waals surface area contributed by atoms with Gasteiger partial charge >= 0.3 is 0 Å². The summed E-state index contributed by atoms with van der Waals surface area (Å²) in [7, 11) is 0. The normalized spacial score (nSPS) is 28.4. The molecule has 0 aromatic carbocycles. The van der Waals surface area contributed by atoms with E-state index in [0.29, 0.717) is 17.9 Å². The fourth-order valence-electron chi connectivity index (χ4n) is 4.26. The van der Waals surface area contributed by atoms with E-state index >= 15 is 0 Å². The molecular formula is C18H23N3OS2. The Kier molecular flexibility index (Phi) is 5.03. The van der Waals surface area contributed by atoms with Gasteiger partial charge in [0.15, 0.2) is 5.03 Å². The van der Waals surface area contributed by atoms with Crippen molar-refractivity contribution in [2.75, 3.05) is 5.75 Å². The topological polar surface area (TPSA) is 47.9 Å². The molecule has 2 aliphatic carbocycles. The number of thioether (sulfide) groups is 1. The number of hydrogen-bond acceptors (Lipinski definition) is 6. The molecule has 4 atom stereocenters. The van der Waals surface area contributed by atoms with E-state index in [1.807, 2.05) is 12.3 Å². The number of rotatable bonds is 7. The van der Waals surface area contributed by atoms with E-state index in [0.717, 1.165) is 35.4 Å². The summed E-state index contributed by atoms with van der Waals surface area (Å²) in [6.45, 7) is 2.19. The third kappa shape index (κ3) is 3.45. The summed E-state index contributed by atoms with van der Waals surface area (Å²) >= 11 is 3.03. The molecule has 2 heterocycles. The number of nitrogens with zero attached hydrogens (tertiary/aromatic N) is 3. The fourth-order valence-corrected chi connectivity index (χ4v) is 5.64. The van der Waals surface area contributed by atoms with Crippen molar-refractivity contribution in [2.24, 2.45) is 17.8 Å². The van der Waals surface area contributed by atoms with Crippen molar-refractivity contribution in [3.63, 3.8) is 0 Å². The summed E-state index contributed by atoms with van der Waals surface area (Å²) in [5, 5.41) is 0.978. The first-order chi connectivity index (χ1) is 11.8. The summed E-state index contributed by atoms with van der Waals surface area (Å²) in [6, 6.07) is 6.22. The van der Waals surface area contributed by atoms with E-state index in [2.05, 4.69) is 32.8 Å². The molecule has 0 saturated heterocycles. The number of pyridine rings is 1. The van der Waals surface area contributed by atoms with Crippen LogP contribution in [-0.2, 0) is 6.42 Å². The third-order valence-corrected chi connectivity index (χ3v) is 7.00. The van der Waals surface area contributed by atoms with Crippen LogP contribution in [0.25, 0.3) is 0 Å². The molecule has 128 valence electrons. The monoisotopic (exact) mass is 361 g/mol. The minimum absolute atomic E-state index is 0.308. The van der Waals surface area contributed by atoms with Gasteiger partial charge in [0, 0.05) is 11.9 Å². The Morgan fingerprint density at radius 1 is 1.25 bits per heavy atom. The Balaban J connectivity index is 1.41. The average Bonchev–Trinajstić information content (AvgIpc) is 3.30. The van der Waals surface area contributed by atoms with Gasteiger partial charge in [0.05, 0.1) is 11.7 Å². The van der Waals surface area contributed by atoms with E-state index in [9.17, 15) is 0 Å². The lowest BCUT2D eigenvalue weighted by Crippen LogP contribution is -2.31. The molecule has 6 heteroatoms. The lowest BCUT2D eigenvalue weighted by molar-refractivity contribution is 0.0957. The lowest BCUT2D eigenvalue weighted by Gasteiger charge is -2.29. The molecule has 0 spiro atoms. The molecule has 4 unspecified atom stereocenters. The average molecular weight is 362 g/mol. The highest BCUT2D eigenvalue weighted by Crippen LogP contribution is 2.51. The molecule has 2 aliphatic rings. The molecular weight excluding hydrogens is 338 g/mol. The van der Waals surface area contributed by atoms with E-state index in [1.54, 1.807) is 11.8 Å².